The highest BCUT2D eigenvalue weighted by Gasteiger charge is 2.42. The van der Waals surface area contributed by atoms with Crippen LogP contribution in [0, 0.1) is 5.82 Å². The summed E-state index contributed by atoms with van der Waals surface area (Å²) in [7, 11) is 1.66. The molecule has 0 bridgehead atoms. The molecule has 2 atom stereocenters. The third-order valence-electron chi connectivity index (χ3n) is 5.07. The molecule has 0 saturated carbocycles. The zero-order valence-corrected chi connectivity index (χ0v) is 14.7. The van der Waals surface area contributed by atoms with Crippen molar-refractivity contribution in [1.29, 1.82) is 0 Å². The number of rotatable bonds is 3. The molecule has 1 aromatic rings. The lowest BCUT2D eigenvalue weighted by atomic mass is 9.97. The molecule has 2 fully saturated rings. The van der Waals surface area contributed by atoms with Crippen LogP contribution in [-0.2, 0) is 14.3 Å². The summed E-state index contributed by atoms with van der Waals surface area (Å²) < 4.78 is 18.9. The average Bonchev–Trinajstić information content (AvgIpc) is 2.64. The molecule has 2 amide bonds. The fourth-order valence-electron chi connectivity index (χ4n) is 3.44. The minimum atomic E-state index is -0.763. The highest BCUT2D eigenvalue weighted by atomic mass is 19.1. The van der Waals surface area contributed by atoms with Gasteiger partial charge in [-0.05, 0) is 24.2 Å². The fourth-order valence-corrected chi connectivity index (χ4v) is 3.44. The number of piperazine rings is 1. The lowest BCUT2D eigenvalue weighted by Gasteiger charge is -2.42. The summed E-state index contributed by atoms with van der Waals surface area (Å²) in [6.07, 6.45) is -0.763. The number of benzene rings is 1. The Morgan fingerprint density at radius 3 is 2.44 bits per heavy atom. The zero-order valence-electron chi connectivity index (χ0n) is 14.7. The maximum Gasteiger partial charge on any atom is 0.254 e. The Morgan fingerprint density at radius 2 is 1.84 bits per heavy atom. The lowest BCUT2D eigenvalue weighted by Crippen LogP contribution is -2.57. The topological polar surface area (TPSA) is 53.1 Å². The molecule has 2 aliphatic rings. The molecule has 0 N–H and O–H groups in total. The van der Waals surface area contributed by atoms with E-state index in [9.17, 15) is 14.0 Å². The summed E-state index contributed by atoms with van der Waals surface area (Å²) in [5.74, 6) is -0.647. The van der Waals surface area contributed by atoms with Crippen molar-refractivity contribution in [3.8, 4) is 0 Å². The highest BCUT2D eigenvalue weighted by molar-refractivity contribution is 5.86. The lowest BCUT2D eigenvalue weighted by molar-refractivity contribution is -0.168. The van der Waals surface area contributed by atoms with Crippen molar-refractivity contribution in [2.24, 2.45) is 0 Å². The van der Waals surface area contributed by atoms with Gasteiger partial charge in [0.05, 0.1) is 6.04 Å². The van der Waals surface area contributed by atoms with E-state index in [1.165, 1.54) is 17.0 Å². The van der Waals surface area contributed by atoms with Crippen molar-refractivity contribution >= 4 is 11.8 Å². The van der Waals surface area contributed by atoms with Crippen LogP contribution in [0.2, 0.25) is 0 Å². The Balaban J connectivity index is 1.81. The molecule has 2 aliphatic heterocycles. The first-order valence-electron chi connectivity index (χ1n) is 8.65. The molecule has 0 radical (unpaired) electrons. The molecule has 0 aromatic heterocycles. The van der Waals surface area contributed by atoms with Crippen LogP contribution in [0.15, 0.2) is 24.3 Å². The van der Waals surface area contributed by atoms with E-state index in [0.29, 0.717) is 18.7 Å². The molecule has 0 spiro atoms. The largest absolute Gasteiger partial charge is 0.356 e. The maximum atomic E-state index is 13.3. The predicted octanol–water partition coefficient (Wildman–Crippen LogP) is 0.888. The summed E-state index contributed by atoms with van der Waals surface area (Å²) in [4.78, 5) is 30.7. The van der Waals surface area contributed by atoms with Gasteiger partial charge < -0.3 is 19.4 Å². The first-order valence-corrected chi connectivity index (χ1v) is 8.65. The first kappa shape index (κ1) is 17.8. The number of carbonyl (C=O) groups is 2. The summed E-state index contributed by atoms with van der Waals surface area (Å²) in [6.45, 7) is 5.94. The monoisotopic (exact) mass is 349 g/mol. The van der Waals surface area contributed by atoms with Gasteiger partial charge >= 0.3 is 0 Å². The number of hydrogen-bond donors (Lipinski definition) is 0. The summed E-state index contributed by atoms with van der Waals surface area (Å²) in [6, 6.07) is 5.34. The number of carbonyl (C=O) groups excluding carboxylic acids is 2. The number of likely N-dealkylation sites (N-methyl/N-ethyl adjacent to an activating group) is 2. The number of amides is 2. The third-order valence-corrected chi connectivity index (χ3v) is 5.07. The van der Waals surface area contributed by atoms with Crippen LogP contribution in [0.3, 0.4) is 0 Å². The van der Waals surface area contributed by atoms with Crippen LogP contribution in [0.5, 0.6) is 0 Å². The summed E-state index contributed by atoms with van der Waals surface area (Å²) >= 11 is 0. The van der Waals surface area contributed by atoms with Crippen LogP contribution in [0.25, 0.3) is 0 Å². The molecule has 0 aliphatic carbocycles. The average molecular weight is 349 g/mol. The Morgan fingerprint density at radius 1 is 1.20 bits per heavy atom. The van der Waals surface area contributed by atoms with Crippen molar-refractivity contribution in [2.45, 2.75) is 19.1 Å². The van der Waals surface area contributed by atoms with Crippen LogP contribution < -0.4 is 0 Å². The second-order valence-electron chi connectivity index (χ2n) is 6.49. The van der Waals surface area contributed by atoms with E-state index >= 15 is 0 Å². The van der Waals surface area contributed by atoms with Crippen LogP contribution in [0.4, 0.5) is 4.39 Å². The quantitative estimate of drug-likeness (QED) is 0.813. The number of morpholine rings is 1. The Labute approximate surface area is 147 Å². The molecule has 2 heterocycles. The SMILES string of the molecule is CCN1CCN(C(=O)C2OCC(=O)N(C)C2c2ccc(F)cc2)CC1. The molecule has 7 heteroatoms. The van der Waals surface area contributed by atoms with E-state index in [0.717, 1.165) is 19.6 Å². The standard InChI is InChI=1S/C18H24FN3O3/c1-3-21-8-10-22(11-9-21)18(24)17-16(20(2)15(23)12-25-17)13-4-6-14(19)7-5-13/h4-7,16-17H,3,8-12H2,1-2H3. The van der Waals surface area contributed by atoms with Gasteiger partial charge in [-0.1, -0.05) is 19.1 Å². The minimum Gasteiger partial charge on any atom is -0.356 e. The maximum absolute atomic E-state index is 13.3. The Bertz CT molecular complexity index is 629. The van der Waals surface area contributed by atoms with Gasteiger partial charge in [-0.15, -0.1) is 0 Å². The molecule has 3 rings (SSSR count). The fraction of sp³-hybridized carbons (Fsp3) is 0.556. The van der Waals surface area contributed by atoms with Crippen molar-refractivity contribution < 1.29 is 18.7 Å². The van der Waals surface area contributed by atoms with Crippen molar-refractivity contribution in [3.05, 3.63) is 35.6 Å². The van der Waals surface area contributed by atoms with E-state index in [4.69, 9.17) is 4.74 Å². The van der Waals surface area contributed by atoms with E-state index in [-0.39, 0.29) is 24.2 Å². The number of nitrogens with zero attached hydrogens (tertiary/aromatic N) is 3. The zero-order chi connectivity index (χ0) is 18.0. The van der Waals surface area contributed by atoms with Crippen LogP contribution >= 0.6 is 0 Å². The van der Waals surface area contributed by atoms with E-state index in [1.54, 1.807) is 24.1 Å². The van der Waals surface area contributed by atoms with Gasteiger partial charge in [-0.25, -0.2) is 4.39 Å². The Hall–Kier alpha value is -1.99. The first-order chi connectivity index (χ1) is 12.0. The predicted molar refractivity (Wildman–Crippen MR) is 90.3 cm³/mol. The van der Waals surface area contributed by atoms with Gasteiger partial charge in [0, 0.05) is 33.2 Å². The molecule has 1 aromatic carbocycles. The van der Waals surface area contributed by atoms with E-state index in [1.807, 2.05) is 0 Å². The van der Waals surface area contributed by atoms with Gasteiger partial charge in [0.25, 0.3) is 5.91 Å². The summed E-state index contributed by atoms with van der Waals surface area (Å²) in [5, 5.41) is 0. The normalized spacial score (nSPS) is 25.3. The molecule has 136 valence electrons. The van der Waals surface area contributed by atoms with Crippen LogP contribution in [-0.4, -0.2) is 79.0 Å². The molecule has 2 unspecified atom stereocenters. The van der Waals surface area contributed by atoms with Gasteiger partial charge in [0.1, 0.15) is 12.4 Å². The molecular weight excluding hydrogens is 325 g/mol. The van der Waals surface area contributed by atoms with Gasteiger partial charge in [-0.3, -0.25) is 9.59 Å². The Kier molecular flexibility index (Phi) is 5.34. The number of halogens is 1. The summed E-state index contributed by atoms with van der Waals surface area (Å²) in [5.41, 5.74) is 0.697. The number of ether oxygens (including phenoxy) is 1. The second kappa shape index (κ2) is 7.49. The molecule has 6 nitrogen and oxygen atoms in total. The van der Waals surface area contributed by atoms with Gasteiger partial charge in [-0.2, -0.15) is 0 Å². The minimum absolute atomic E-state index is 0.107. The van der Waals surface area contributed by atoms with E-state index in [2.05, 4.69) is 11.8 Å². The van der Waals surface area contributed by atoms with E-state index < -0.39 is 12.1 Å². The number of hydrogen-bond acceptors (Lipinski definition) is 4. The van der Waals surface area contributed by atoms with Crippen LogP contribution in [0.1, 0.15) is 18.5 Å². The third kappa shape index (κ3) is 3.67. The van der Waals surface area contributed by atoms with Gasteiger partial charge in [0.2, 0.25) is 5.91 Å². The van der Waals surface area contributed by atoms with Crippen molar-refractivity contribution in [1.82, 2.24) is 14.7 Å². The smallest absolute Gasteiger partial charge is 0.254 e. The van der Waals surface area contributed by atoms with Gasteiger partial charge in [0.15, 0.2) is 6.10 Å². The van der Waals surface area contributed by atoms with Crippen molar-refractivity contribution in [2.75, 3.05) is 46.4 Å². The molecule has 2 saturated heterocycles. The molecule has 25 heavy (non-hydrogen) atoms. The molecular formula is C18H24FN3O3. The van der Waals surface area contributed by atoms with Crippen molar-refractivity contribution in [3.63, 3.8) is 0 Å². The highest BCUT2D eigenvalue weighted by Crippen LogP contribution is 2.30. The second-order valence-corrected chi connectivity index (χ2v) is 6.49.